The number of carbonyl (C=O) groups excluding carboxylic acids is 1. The number of ether oxygens (including phenoxy) is 2. The first kappa shape index (κ1) is 15.2. The number of benzene rings is 1. The molecule has 1 aliphatic rings. The van der Waals surface area contributed by atoms with Crippen LogP contribution in [0.5, 0.6) is 5.75 Å². The number of carbonyl (C=O) groups is 1. The maximum absolute atomic E-state index is 12.9. The lowest BCUT2D eigenvalue weighted by molar-refractivity contribution is -0.143. The predicted octanol–water partition coefficient (Wildman–Crippen LogP) is 1.19. The summed E-state index contributed by atoms with van der Waals surface area (Å²) in [6.07, 6.45) is 0. The van der Waals surface area contributed by atoms with Gasteiger partial charge < -0.3 is 19.5 Å². The summed E-state index contributed by atoms with van der Waals surface area (Å²) >= 11 is 3.17. The number of rotatable bonds is 4. The molecular formula is C13H15BrFNO4. The number of morpholine rings is 1. The van der Waals surface area contributed by atoms with E-state index in [0.29, 0.717) is 30.0 Å². The average Bonchev–Trinajstić information content (AvgIpc) is 2.46. The van der Waals surface area contributed by atoms with E-state index in [4.69, 9.17) is 9.47 Å². The maximum atomic E-state index is 12.9. The molecule has 1 aliphatic heterocycles. The monoisotopic (exact) mass is 347 g/mol. The van der Waals surface area contributed by atoms with E-state index in [9.17, 15) is 14.3 Å². The molecule has 5 nitrogen and oxygen atoms in total. The van der Waals surface area contributed by atoms with Crippen LogP contribution in [-0.4, -0.2) is 54.9 Å². The third-order valence-electron chi connectivity index (χ3n) is 3.00. The molecule has 1 atom stereocenters. The molecule has 0 bridgehead atoms. The summed E-state index contributed by atoms with van der Waals surface area (Å²) in [5.74, 6) is -0.221. The molecule has 7 heteroatoms. The van der Waals surface area contributed by atoms with Crippen molar-refractivity contribution in [2.75, 3.05) is 33.0 Å². The fourth-order valence-corrected chi connectivity index (χ4v) is 2.41. The van der Waals surface area contributed by atoms with Crippen LogP contribution < -0.4 is 4.74 Å². The van der Waals surface area contributed by atoms with Crippen molar-refractivity contribution in [3.63, 3.8) is 0 Å². The first-order valence-corrected chi connectivity index (χ1v) is 6.97. The van der Waals surface area contributed by atoms with Gasteiger partial charge in [0.25, 0.3) is 5.91 Å². The summed E-state index contributed by atoms with van der Waals surface area (Å²) in [6.45, 7) is 0.885. The van der Waals surface area contributed by atoms with Crippen LogP contribution in [0.25, 0.3) is 0 Å². The second kappa shape index (κ2) is 7.01. The molecule has 1 unspecified atom stereocenters. The lowest BCUT2D eigenvalue weighted by Crippen LogP contribution is -2.51. The van der Waals surface area contributed by atoms with Crippen molar-refractivity contribution in [2.24, 2.45) is 0 Å². The summed E-state index contributed by atoms with van der Waals surface area (Å²) in [5, 5.41) is 9.21. The molecule has 110 valence electrons. The molecule has 0 aliphatic carbocycles. The molecule has 0 spiro atoms. The molecule has 1 aromatic carbocycles. The van der Waals surface area contributed by atoms with Crippen molar-refractivity contribution in [3.8, 4) is 5.75 Å². The van der Waals surface area contributed by atoms with Crippen LogP contribution in [0.1, 0.15) is 0 Å². The average molecular weight is 348 g/mol. The first-order valence-electron chi connectivity index (χ1n) is 6.17. The Kier molecular flexibility index (Phi) is 5.33. The van der Waals surface area contributed by atoms with Gasteiger partial charge in [0.1, 0.15) is 11.6 Å². The van der Waals surface area contributed by atoms with Gasteiger partial charge in [0, 0.05) is 6.54 Å². The van der Waals surface area contributed by atoms with E-state index in [1.807, 2.05) is 0 Å². The zero-order valence-corrected chi connectivity index (χ0v) is 12.3. The Bertz CT molecular complexity index is 485. The number of halogens is 2. The van der Waals surface area contributed by atoms with Crippen LogP contribution in [0.15, 0.2) is 22.7 Å². The summed E-state index contributed by atoms with van der Waals surface area (Å²) in [4.78, 5) is 13.6. The van der Waals surface area contributed by atoms with Crippen molar-refractivity contribution in [1.82, 2.24) is 4.90 Å². The van der Waals surface area contributed by atoms with E-state index < -0.39 is 0 Å². The highest BCUT2D eigenvalue weighted by molar-refractivity contribution is 9.10. The van der Waals surface area contributed by atoms with Gasteiger partial charge in [-0.15, -0.1) is 0 Å². The number of hydrogen-bond donors (Lipinski definition) is 1. The topological polar surface area (TPSA) is 59.0 Å². The minimum Gasteiger partial charge on any atom is -0.483 e. The Morgan fingerprint density at radius 1 is 1.60 bits per heavy atom. The van der Waals surface area contributed by atoms with E-state index in [0.717, 1.165) is 0 Å². The zero-order valence-electron chi connectivity index (χ0n) is 10.7. The van der Waals surface area contributed by atoms with E-state index in [-0.39, 0.29) is 31.0 Å². The molecule has 0 saturated carbocycles. The van der Waals surface area contributed by atoms with E-state index in [1.54, 1.807) is 4.90 Å². The van der Waals surface area contributed by atoms with Gasteiger partial charge in [-0.3, -0.25) is 4.79 Å². The van der Waals surface area contributed by atoms with E-state index in [1.165, 1.54) is 18.2 Å². The van der Waals surface area contributed by atoms with Gasteiger partial charge in [-0.1, -0.05) is 0 Å². The number of aliphatic hydroxyl groups is 1. The molecule has 2 rings (SSSR count). The Morgan fingerprint density at radius 2 is 2.40 bits per heavy atom. The summed E-state index contributed by atoms with van der Waals surface area (Å²) in [7, 11) is 0. The quantitative estimate of drug-likeness (QED) is 0.888. The summed E-state index contributed by atoms with van der Waals surface area (Å²) in [5.41, 5.74) is 0. The van der Waals surface area contributed by atoms with Crippen LogP contribution in [0, 0.1) is 5.82 Å². The molecule has 0 radical (unpaired) electrons. The fraction of sp³-hybridized carbons (Fsp3) is 0.462. The van der Waals surface area contributed by atoms with Gasteiger partial charge in [-0.25, -0.2) is 4.39 Å². The lowest BCUT2D eigenvalue weighted by Gasteiger charge is -2.34. The van der Waals surface area contributed by atoms with Gasteiger partial charge in [-0.2, -0.15) is 0 Å². The normalized spacial score (nSPS) is 18.9. The van der Waals surface area contributed by atoms with E-state index >= 15 is 0 Å². The molecular weight excluding hydrogens is 333 g/mol. The smallest absolute Gasteiger partial charge is 0.260 e. The molecule has 1 saturated heterocycles. The van der Waals surface area contributed by atoms with Crippen molar-refractivity contribution >= 4 is 21.8 Å². The number of aliphatic hydroxyl groups excluding tert-OH is 1. The van der Waals surface area contributed by atoms with Crippen LogP contribution in [0.3, 0.4) is 0 Å². The maximum Gasteiger partial charge on any atom is 0.260 e. The molecule has 1 heterocycles. The summed E-state index contributed by atoms with van der Waals surface area (Å²) in [6, 6.07) is 3.65. The minimum atomic E-state index is -0.385. The van der Waals surface area contributed by atoms with Crippen LogP contribution in [0.2, 0.25) is 0 Å². The zero-order chi connectivity index (χ0) is 14.5. The van der Waals surface area contributed by atoms with Crippen molar-refractivity contribution in [2.45, 2.75) is 6.04 Å². The van der Waals surface area contributed by atoms with Crippen molar-refractivity contribution in [3.05, 3.63) is 28.5 Å². The van der Waals surface area contributed by atoms with Crippen molar-refractivity contribution < 1.29 is 23.8 Å². The summed E-state index contributed by atoms with van der Waals surface area (Å²) < 4.78 is 24.0. The predicted molar refractivity (Wildman–Crippen MR) is 73.0 cm³/mol. The largest absolute Gasteiger partial charge is 0.483 e. The van der Waals surface area contributed by atoms with Gasteiger partial charge in [0.15, 0.2) is 6.61 Å². The highest BCUT2D eigenvalue weighted by Gasteiger charge is 2.26. The molecule has 1 fully saturated rings. The molecule has 20 heavy (non-hydrogen) atoms. The minimum absolute atomic E-state index is 0.147. The second-order valence-electron chi connectivity index (χ2n) is 4.36. The first-order chi connectivity index (χ1) is 9.61. The Morgan fingerprint density at radius 3 is 3.10 bits per heavy atom. The highest BCUT2D eigenvalue weighted by Crippen LogP contribution is 2.25. The standard InChI is InChI=1S/C13H15BrFNO4/c14-11-5-9(15)1-2-12(11)20-8-13(18)16-3-4-19-7-10(16)6-17/h1-2,5,10,17H,3-4,6-8H2. The third-order valence-corrected chi connectivity index (χ3v) is 3.62. The Hall–Kier alpha value is -1.18. The Balaban J connectivity index is 1.94. The van der Waals surface area contributed by atoms with Gasteiger partial charge in [0.05, 0.1) is 30.3 Å². The lowest BCUT2D eigenvalue weighted by atomic mass is 10.2. The van der Waals surface area contributed by atoms with Crippen LogP contribution in [-0.2, 0) is 9.53 Å². The molecule has 1 amide bonds. The van der Waals surface area contributed by atoms with Crippen molar-refractivity contribution in [1.29, 1.82) is 0 Å². The highest BCUT2D eigenvalue weighted by atomic mass is 79.9. The van der Waals surface area contributed by atoms with Crippen LogP contribution >= 0.6 is 15.9 Å². The van der Waals surface area contributed by atoms with Gasteiger partial charge in [-0.05, 0) is 34.1 Å². The van der Waals surface area contributed by atoms with E-state index in [2.05, 4.69) is 15.9 Å². The van der Waals surface area contributed by atoms with Gasteiger partial charge in [0.2, 0.25) is 0 Å². The number of amides is 1. The Labute approximate surface area is 124 Å². The molecule has 0 aromatic heterocycles. The number of hydrogen-bond acceptors (Lipinski definition) is 4. The third kappa shape index (κ3) is 3.68. The molecule has 1 aromatic rings. The SMILES string of the molecule is O=C(COc1ccc(F)cc1Br)N1CCOCC1CO. The van der Waals surface area contributed by atoms with Gasteiger partial charge >= 0.3 is 0 Å². The molecule has 1 N–H and O–H groups in total. The van der Waals surface area contributed by atoms with Crippen LogP contribution in [0.4, 0.5) is 4.39 Å². The second-order valence-corrected chi connectivity index (χ2v) is 5.22. The number of nitrogens with zero attached hydrogens (tertiary/aromatic N) is 1. The fourth-order valence-electron chi connectivity index (χ4n) is 1.95.